The van der Waals surface area contributed by atoms with Gasteiger partial charge in [-0.3, -0.25) is 0 Å². The number of aromatic nitrogens is 2. The lowest BCUT2D eigenvalue weighted by molar-refractivity contribution is 0.404. The van der Waals surface area contributed by atoms with E-state index in [0.717, 1.165) is 22.7 Å². The predicted molar refractivity (Wildman–Crippen MR) is 74.5 cm³/mol. The fourth-order valence-corrected chi connectivity index (χ4v) is 1.82. The molecule has 2 rings (SSSR count). The minimum Gasteiger partial charge on any atom is -0.497 e. The largest absolute Gasteiger partial charge is 0.497 e. The van der Waals surface area contributed by atoms with Gasteiger partial charge in [-0.1, -0.05) is 0 Å². The van der Waals surface area contributed by atoms with Gasteiger partial charge in [-0.05, 0) is 32.0 Å². The van der Waals surface area contributed by atoms with Crippen molar-refractivity contribution in [1.82, 2.24) is 9.97 Å². The molecule has 1 aromatic carbocycles. The van der Waals surface area contributed by atoms with E-state index < -0.39 is 0 Å². The van der Waals surface area contributed by atoms with E-state index in [0.29, 0.717) is 17.3 Å². The molecule has 0 atom stereocenters. The molecule has 1 aromatic heterocycles. The minimum absolute atomic E-state index is 0.384. The number of ether oxygens (including phenoxy) is 2. The highest BCUT2D eigenvalue weighted by molar-refractivity contribution is 5.76. The van der Waals surface area contributed by atoms with E-state index in [1.807, 2.05) is 32.0 Å². The Kier molecular flexibility index (Phi) is 3.55. The van der Waals surface area contributed by atoms with Gasteiger partial charge in [0, 0.05) is 5.56 Å². The zero-order valence-electron chi connectivity index (χ0n) is 11.5. The number of nitrogen functional groups attached to an aromatic ring is 1. The monoisotopic (exact) mass is 259 g/mol. The van der Waals surface area contributed by atoms with Gasteiger partial charge < -0.3 is 15.2 Å². The van der Waals surface area contributed by atoms with Crippen LogP contribution in [-0.4, -0.2) is 24.2 Å². The fraction of sp³-hybridized carbons (Fsp3) is 0.286. The average Bonchev–Trinajstić information content (AvgIpc) is 2.42. The van der Waals surface area contributed by atoms with E-state index >= 15 is 0 Å². The van der Waals surface area contributed by atoms with Crippen LogP contribution in [0.25, 0.3) is 11.3 Å². The van der Waals surface area contributed by atoms with Crippen LogP contribution in [0.15, 0.2) is 18.2 Å². The minimum atomic E-state index is 0.384. The molecule has 0 aliphatic rings. The first-order chi connectivity index (χ1) is 9.06. The lowest BCUT2D eigenvalue weighted by Gasteiger charge is -2.12. The first-order valence-corrected chi connectivity index (χ1v) is 5.90. The normalized spacial score (nSPS) is 10.3. The molecule has 0 radical (unpaired) electrons. The molecule has 0 aliphatic carbocycles. The number of nitrogens with zero attached hydrogens (tertiary/aromatic N) is 2. The van der Waals surface area contributed by atoms with Gasteiger partial charge in [0.25, 0.3) is 0 Å². The second-order valence-electron chi connectivity index (χ2n) is 4.19. The van der Waals surface area contributed by atoms with Crippen LogP contribution in [0.1, 0.15) is 11.4 Å². The molecule has 0 saturated heterocycles. The van der Waals surface area contributed by atoms with Crippen LogP contribution in [0.3, 0.4) is 0 Å². The number of rotatable bonds is 3. The van der Waals surface area contributed by atoms with Gasteiger partial charge in [-0.25, -0.2) is 9.97 Å². The molecule has 0 amide bonds. The van der Waals surface area contributed by atoms with E-state index in [1.54, 1.807) is 14.2 Å². The first kappa shape index (κ1) is 13.1. The van der Waals surface area contributed by atoms with Gasteiger partial charge in [0.2, 0.25) is 0 Å². The highest BCUT2D eigenvalue weighted by Gasteiger charge is 2.14. The Morgan fingerprint density at radius 1 is 1.00 bits per heavy atom. The molecule has 0 spiro atoms. The SMILES string of the molecule is COc1ccc(OC)c(-c2nc(C)c(C)nc2N)c1. The zero-order valence-corrected chi connectivity index (χ0v) is 11.5. The Bertz CT molecular complexity index is 612. The number of aryl methyl sites for hydroxylation is 2. The smallest absolute Gasteiger partial charge is 0.150 e. The van der Waals surface area contributed by atoms with E-state index in [4.69, 9.17) is 15.2 Å². The maximum absolute atomic E-state index is 5.97. The van der Waals surface area contributed by atoms with Crippen LogP contribution in [-0.2, 0) is 0 Å². The molecule has 0 bridgehead atoms. The van der Waals surface area contributed by atoms with Gasteiger partial charge in [0.1, 0.15) is 23.0 Å². The second kappa shape index (κ2) is 5.14. The molecule has 0 saturated carbocycles. The summed E-state index contributed by atoms with van der Waals surface area (Å²) in [5.74, 6) is 1.79. The number of anilines is 1. The van der Waals surface area contributed by atoms with Gasteiger partial charge in [-0.15, -0.1) is 0 Å². The molecule has 100 valence electrons. The van der Waals surface area contributed by atoms with Crippen LogP contribution < -0.4 is 15.2 Å². The van der Waals surface area contributed by atoms with Gasteiger partial charge >= 0.3 is 0 Å². The van der Waals surface area contributed by atoms with E-state index in [1.165, 1.54) is 0 Å². The maximum Gasteiger partial charge on any atom is 0.150 e. The summed E-state index contributed by atoms with van der Waals surface area (Å²) in [6.07, 6.45) is 0. The zero-order chi connectivity index (χ0) is 14.0. The van der Waals surface area contributed by atoms with Crippen molar-refractivity contribution in [2.75, 3.05) is 20.0 Å². The average molecular weight is 259 g/mol. The fourth-order valence-electron chi connectivity index (χ4n) is 1.82. The lowest BCUT2D eigenvalue weighted by Crippen LogP contribution is -2.03. The summed E-state index contributed by atoms with van der Waals surface area (Å²) in [5, 5.41) is 0. The molecule has 0 fully saturated rings. The Morgan fingerprint density at radius 3 is 2.32 bits per heavy atom. The molecule has 0 aliphatic heterocycles. The second-order valence-corrected chi connectivity index (χ2v) is 4.19. The Balaban J connectivity index is 2.66. The number of hydrogen-bond acceptors (Lipinski definition) is 5. The molecule has 2 N–H and O–H groups in total. The third kappa shape index (κ3) is 2.45. The molecule has 5 heteroatoms. The molecule has 2 aromatic rings. The van der Waals surface area contributed by atoms with Crippen molar-refractivity contribution in [3.05, 3.63) is 29.6 Å². The maximum atomic E-state index is 5.97. The van der Waals surface area contributed by atoms with Crippen molar-refractivity contribution >= 4 is 5.82 Å². The quantitative estimate of drug-likeness (QED) is 0.916. The summed E-state index contributed by atoms with van der Waals surface area (Å²) in [6.45, 7) is 3.78. The summed E-state index contributed by atoms with van der Waals surface area (Å²) in [5.41, 5.74) is 9.01. The highest BCUT2D eigenvalue weighted by Crippen LogP contribution is 2.34. The van der Waals surface area contributed by atoms with Crippen molar-refractivity contribution in [1.29, 1.82) is 0 Å². The Hall–Kier alpha value is -2.30. The summed E-state index contributed by atoms with van der Waals surface area (Å²) in [7, 11) is 3.22. The molecule has 19 heavy (non-hydrogen) atoms. The molecular weight excluding hydrogens is 242 g/mol. The Labute approximate surface area is 112 Å². The third-order valence-electron chi connectivity index (χ3n) is 3.00. The van der Waals surface area contributed by atoms with Gasteiger partial charge in [0.15, 0.2) is 0 Å². The van der Waals surface area contributed by atoms with Crippen molar-refractivity contribution < 1.29 is 9.47 Å². The summed E-state index contributed by atoms with van der Waals surface area (Å²) in [6, 6.07) is 5.49. The van der Waals surface area contributed by atoms with Crippen LogP contribution in [0.4, 0.5) is 5.82 Å². The van der Waals surface area contributed by atoms with E-state index in [-0.39, 0.29) is 0 Å². The number of nitrogens with two attached hydrogens (primary N) is 1. The lowest BCUT2D eigenvalue weighted by atomic mass is 10.1. The predicted octanol–water partition coefficient (Wildman–Crippen LogP) is 2.36. The van der Waals surface area contributed by atoms with E-state index in [2.05, 4.69) is 9.97 Å². The van der Waals surface area contributed by atoms with Crippen LogP contribution in [0.2, 0.25) is 0 Å². The van der Waals surface area contributed by atoms with Crippen LogP contribution >= 0.6 is 0 Å². The highest BCUT2D eigenvalue weighted by atomic mass is 16.5. The molecule has 5 nitrogen and oxygen atoms in total. The van der Waals surface area contributed by atoms with Crippen LogP contribution in [0.5, 0.6) is 11.5 Å². The van der Waals surface area contributed by atoms with Crippen molar-refractivity contribution in [3.63, 3.8) is 0 Å². The van der Waals surface area contributed by atoms with Gasteiger partial charge in [-0.2, -0.15) is 0 Å². The summed E-state index contributed by atoms with van der Waals surface area (Å²) in [4.78, 5) is 8.80. The van der Waals surface area contributed by atoms with Crippen molar-refractivity contribution in [3.8, 4) is 22.8 Å². The van der Waals surface area contributed by atoms with Crippen LogP contribution in [0, 0.1) is 13.8 Å². The van der Waals surface area contributed by atoms with Crippen molar-refractivity contribution in [2.45, 2.75) is 13.8 Å². The third-order valence-corrected chi connectivity index (χ3v) is 3.00. The van der Waals surface area contributed by atoms with Crippen molar-refractivity contribution in [2.24, 2.45) is 0 Å². The molecule has 1 heterocycles. The number of methoxy groups -OCH3 is 2. The first-order valence-electron chi connectivity index (χ1n) is 5.90. The standard InChI is InChI=1S/C14H17N3O2/c1-8-9(2)17-14(15)13(16-8)11-7-10(18-3)5-6-12(11)19-4/h5-7H,1-4H3,(H2,15,17). The summed E-state index contributed by atoms with van der Waals surface area (Å²) >= 11 is 0. The molecular formula is C14H17N3O2. The number of hydrogen-bond donors (Lipinski definition) is 1. The summed E-state index contributed by atoms with van der Waals surface area (Å²) < 4.78 is 10.6. The Morgan fingerprint density at radius 2 is 1.68 bits per heavy atom. The van der Waals surface area contributed by atoms with E-state index in [9.17, 15) is 0 Å². The molecule has 0 unspecified atom stereocenters. The number of benzene rings is 1. The van der Waals surface area contributed by atoms with Gasteiger partial charge in [0.05, 0.1) is 25.6 Å². The topological polar surface area (TPSA) is 70.3 Å².